The first kappa shape index (κ1) is 20.0. The molecule has 0 bridgehead atoms. The molecule has 1 atom stereocenters. The first-order valence-corrected chi connectivity index (χ1v) is 9.05. The van der Waals surface area contributed by atoms with Gasteiger partial charge in [-0.3, -0.25) is 14.9 Å². The zero-order valence-electron chi connectivity index (χ0n) is 15.8. The number of carbonyl (C=O) groups excluding carboxylic acids is 2. The van der Waals surface area contributed by atoms with Crippen LogP contribution in [0, 0.1) is 10.1 Å². The number of fused-ring (bicyclic) bond motifs is 1. The maximum Gasteiger partial charge on any atom is 0.328 e. The number of rotatable bonds is 7. The molecule has 0 radical (unpaired) electrons. The summed E-state index contributed by atoms with van der Waals surface area (Å²) in [6.45, 7) is 0. The van der Waals surface area contributed by atoms with Crippen molar-refractivity contribution >= 4 is 28.3 Å². The van der Waals surface area contributed by atoms with Gasteiger partial charge in [-0.1, -0.05) is 60.7 Å². The number of benzene rings is 3. The van der Waals surface area contributed by atoms with E-state index in [4.69, 9.17) is 4.74 Å². The minimum absolute atomic E-state index is 0.0344. The molecule has 0 heterocycles. The Kier molecular flexibility index (Phi) is 6.19. The number of nitro benzene ring substituents is 1. The van der Waals surface area contributed by atoms with E-state index in [1.807, 2.05) is 42.5 Å². The van der Waals surface area contributed by atoms with Gasteiger partial charge in [0.25, 0.3) is 5.69 Å². The van der Waals surface area contributed by atoms with Crippen LogP contribution in [0.4, 0.5) is 5.69 Å². The molecule has 7 nitrogen and oxygen atoms in total. The molecule has 0 saturated heterocycles. The van der Waals surface area contributed by atoms with Crippen molar-refractivity contribution in [2.45, 2.75) is 18.9 Å². The number of hydrogen-bond donors (Lipinski definition) is 1. The van der Waals surface area contributed by atoms with Crippen LogP contribution in [-0.4, -0.2) is 30.0 Å². The number of esters is 1. The molecule has 0 aliphatic heterocycles. The molecule has 29 heavy (non-hydrogen) atoms. The van der Waals surface area contributed by atoms with E-state index in [0.717, 1.165) is 16.3 Å². The lowest BCUT2D eigenvalue weighted by Gasteiger charge is -2.17. The predicted molar refractivity (Wildman–Crippen MR) is 108 cm³/mol. The molecular formula is C22H20N2O5. The van der Waals surface area contributed by atoms with Gasteiger partial charge in [0.2, 0.25) is 5.91 Å². The first-order chi connectivity index (χ1) is 14.0. The molecule has 0 aromatic heterocycles. The quantitative estimate of drug-likeness (QED) is 0.378. The van der Waals surface area contributed by atoms with E-state index in [2.05, 4.69) is 5.32 Å². The van der Waals surface area contributed by atoms with Crippen LogP contribution >= 0.6 is 0 Å². The highest BCUT2D eigenvalue weighted by Gasteiger charge is 2.25. The zero-order valence-corrected chi connectivity index (χ0v) is 15.8. The molecule has 0 unspecified atom stereocenters. The molecule has 0 spiro atoms. The molecule has 1 N–H and O–H groups in total. The Labute approximate surface area is 167 Å². The highest BCUT2D eigenvalue weighted by atomic mass is 16.6. The van der Waals surface area contributed by atoms with Crippen LogP contribution in [0.1, 0.15) is 11.1 Å². The number of carbonyl (C=O) groups is 2. The van der Waals surface area contributed by atoms with Crippen molar-refractivity contribution in [3.05, 3.63) is 88.0 Å². The Morgan fingerprint density at radius 2 is 1.72 bits per heavy atom. The van der Waals surface area contributed by atoms with E-state index >= 15 is 0 Å². The van der Waals surface area contributed by atoms with E-state index in [1.165, 1.54) is 13.2 Å². The normalized spacial score (nSPS) is 11.6. The lowest BCUT2D eigenvalue weighted by Crippen LogP contribution is -2.43. The highest BCUT2D eigenvalue weighted by Crippen LogP contribution is 2.20. The second kappa shape index (κ2) is 8.97. The predicted octanol–water partition coefficient (Wildman–Crippen LogP) is 3.19. The number of methoxy groups -OCH3 is 1. The van der Waals surface area contributed by atoms with Gasteiger partial charge in [0.15, 0.2) is 0 Å². The van der Waals surface area contributed by atoms with Crippen molar-refractivity contribution in [1.82, 2.24) is 5.32 Å². The lowest BCUT2D eigenvalue weighted by molar-refractivity contribution is -0.385. The molecular weight excluding hydrogens is 372 g/mol. The zero-order chi connectivity index (χ0) is 20.8. The Morgan fingerprint density at radius 3 is 2.45 bits per heavy atom. The van der Waals surface area contributed by atoms with Crippen molar-refractivity contribution in [1.29, 1.82) is 0 Å². The Morgan fingerprint density at radius 1 is 1.03 bits per heavy atom. The average Bonchev–Trinajstić information content (AvgIpc) is 2.72. The molecule has 0 fully saturated rings. The molecule has 148 valence electrons. The standard InChI is InChI=1S/C22H20N2O5/c1-29-22(26)19(14-18-8-4-5-9-20(18)24(27)28)23-21(25)13-15-10-11-16-6-2-3-7-17(16)12-15/h2-12,19H,13-14H2,1H3,(H,23,25)/t19-/m1/s1. The van der Waals surface area contributed by atoms with Gasteiger partial charge in [-0.25, -0.2) is 4.79 Å². The number of para-hydroxylation sites is 1. The molecule has 3 aromatic rings. The van der Waals surface area contributed by atoms with Crippen molar-refractivity contribution in [3.63, 3.8) is 0 Å². The topological polar surface area (TPSA) is 98.5 Å². The van der Waals surface area contributed by atoms with E-state index in [-0.39, 0.29) is 24.4 Å². The SMILES string of the molecule is COC(=O)[C@@H](Cc1ccccc1[N+](=O)[O-])NC(=O)Cc1ccc2ccccc2c1. The summed E-state index contributed by atoms with van der Waals surface area (Å²) in [4.78, 5) is 35.4. The first-order valence-electron chi connectivity index (χ1n) is 9.05. The van der Waals surface area contributed by atoms with Crippen LogP contribution in [0.5, 0.6) is 0 Å². The maximum absolute atomic E-state index is 12.5. The summed E-state index contributed by atoms with van der Waals surface area (Å²) in [5.41, 5.74) is 1.04. The second-order valence-corrected chi connectivity index (χ2v) is 6.59. The minimum atomic E-state index is -1.02. The van der Waals surface area contributed by atoms with E-state index < -0.39 is 16.9 Å². The highest BCUT2D eigenvalue weighted by molar-refractivity contribution is 5.88. The third kappa shape index (κ3) is 4.95. The minimum Gasteiger partial charge on any atom is -0.467 e. The fraction of sp³-hybridized carbons (Fsp3) is 0.182. The summed E-state index contributed by atoms with van der Waals surface area (Å²) in [6, 6.07) is 18.6. The van der Waals surface area contributed by atoms with E-state index in [9.17, 15) is 19.7 Å². The molecule has 0 aliphatic rings. The number of amides is 1. The monoisotopic (exact) mass is 392 g/mol. The van der Waals surface area contributed by atoms with Crippen LogP contribution < -0.4 is 5.32 Å². The molecule has 0 saturated carbocycles. The van der Waals surface area contributed by atoms with Gasteiger partial charge < -0.3 is 10.1 Å². The number of nitrogens with zero attached hydrogens (tertiary/aromatic N) is 1. The Bertz CT molecular complexity index is 1060. The number of nitrogens with one attached hydrogen (secondary N) is 1. The fourth-order valence-electron chi connectivity index (χ4n) is 3.20. The maximum atomic E-state index is 12.5. The van der Waals surface area contributed by atoms with Gasteiger partial charge in [0.05, 0.1) is 18.5 Å². The fourth-order valence-corrected chi connectivity index (χ4v) is 3.20. The number of ether oxygens (including phenoxy) is 1. The van der Waals surface area contributed by atoms with Crippen molar-refractivity contribution < 1.29 is 19.2 Å². The summed E-state index contributed by atoms with van der Waals surface area (Å²) in [7, 11) is 1.21. The van der Waals surface area contributed by atoms with E-state index in [0.29, 0.717) is 5.56 Å². The lowest BCUT2D eigenvalue weighted by atomic mass is 10.0. The van der Waals surface area contributed by atoms with Crippen LogP contribution in [0.25, 0.3) is 10.8 Å². The summed E-state index contributed by atoms with van der Waals surface area (Å²) < 4.78 is 4.77. The molecule has 3 rings (SSSR count). The van der Waals surface area contributed by atoms with Gasteiger partial charge >= 0.3 is 5.97 Å². The Hall–Kier alpha value is -3.74. The van der Waals surface area contributed by atoms with Gasteiger partial charge in [0, 0.05) is 18.1 Å². The summed E-state index contributed by atoms with van der Waals surface area (Å²) in [5, 5.41) is 15.9. The third-order valence-corrected chi connectivity index (χ3v) is 4.61. The largest absolute Gasteiger partial charge is 0.467 e. The summed E-state index contributed by atoms with van der Waals surface area (Å²) >= 11 is 0. The summed E-state index contributed by atoms with van der Waals surface area (Å²) in [6.07, 6.45) is 0.0441. The van der Waals surface area contributed by atoms with Crippen LogP contribution in [0.2, 0.25) is 0 Å². The van der Waals surface area contributed by atoms with Crippen molar-refractivity contribution in [2.24, 2.45) is 0 Å². The summed E-state index contributed by atoms with van der Waals surface area (Å²) in [5.74, 6) is -1.02. The molecule has 7 heteroatoms. The van der Waals surface area contributed by atoms with Gasteiger partial charge in [0.1, 0.15) is 6.04 Å². The Balaban J connectivity index is 1.75. The van der Waals surface area contributed by atoms with Gasteiger partial charge in [-0.2, -0.15) is 0 Å². The third-order valence-electron chi connectivity index (χ3n) is 4.61. The number of nitro groups is 1. The molecule has 0 aliphatic carbocycles. The van der Waals surface area contributed by atoms with E-state index in [1.54, 1.807) is 18.2 Å². The smallest absolute Gasteiger partial charge is 0.328 e. The molecule has 3 aromatic carbocycles. The van der Waals surface area contributed by atoms with Crippen molar-refractivity contribution in [3.8, 4) is 0 Å². The second-order valence-electron chi connectivity index (χ2n) is 6.59. The van der Waals surface area contributed by atoms with Gasteiger partial charge in [-0.15, -0.1) is 0 Å². The van der Waals surface area contributed by atoms with Crippen LogP contribution in [0.3, 0.4) is 0 Å². The molecule has 1 amide bonds. The number of hydrogen-bond acceptors (Lipinski definition) is 5. The van der Waals surface area contributed by atoms with Crippen LogP contribution in [0.15, 0.2) is 66.7 Å². The average molecular weight is 392 g/mol. The van der Waals surface area contributed by atoms with Crippen LogP contribution in [-0.2, 0) is 27.2 Å². The van der Waals surface area contributed by atoms with Gasteiger partial charge in [-0.05, 0) is 16.3 Å². The van der Waals surface area contributed by atoms with Crippen molar-refractivity contribution in [2.75, 3.05) is 7.11 Å².